The Kier molecular flexibility index (Phi) is 2.89. The van der Waals surface area contributed by atoms with Crippen molar-refractivity contribution in [2.24, 2.45) is 4.99 Å². The lowest BCUT2D eigenvalue weighted by Gasteiger charge is -2.09. The van der Waals surface area contributed by atoms with Crippen LogP contribution in [0.15, 0.2) is 34.2 Å². The Morgan fingerprint density at radius 3 is 2.65 bits per heavy atom. The van der Waals surface area contributed by atoms with Crippen LogP contribution in [0.3, 0.4) is 0 Å². The molecule has 0 unspecified atom stereocenters. The molecule has 1 aliphatic carbocycles. The van der Waals surface area contributed by atoms with E-state index >= 15 is 0 Å². The Morgan fingerprint density at radius 1 is 1.41 bits per heavy atom. The van der Waals surface area contributed by atoms with E-state index in [0.717, 1.165) is 18.4 Å². The summed E-state index contributed by atoms with van der Waals surface area (Å²) in [6, 6.07) is 6.69. The van der Waals surface area contributed by atoms with Crippen LogP contribution < -0.4 is 0 Å². The Morgan fingerprint density at radius 2 is 2.12 bits per heavy atom. The predicted octanol–water partition coefficient (Wildman–Crippen LogP) is 1.81. The fourth-order valence-corrected chi connectivity index (χ4v) is 2.74. The molecule has 0 saturated heterocycles. The molecule has 0 bridgehead atoms. The van der Waals surface area contributed by atoms with Gasteiger partial charge in [0, 0.05) is 0 Å². The van der Waals surface area contributed by atoms with Crippen molar-refractivity contribution in [1.82, 2.24) is 0 Å². The van der Waals surface area contributed by atoms with Gasteiger partial charge >= 0.3 is 0 Å². The highest BCUT2D eigenvalue weighted by molar-refractivity contribution is 7.91. The monoisotopic (exact) mass is 251 g/mol. The smallest absolute Gasteiger partial charge is 0.224 e. The van der Waals surface area contributed by atoms with E-state index in [0.29, 0.717) is 4.90 Å². The third-order valence-electron chi connectivity index (χ3n) is 3.09. The summed E-state index contributed by atoms with van der Waals surface area (Å²) < 4.78 is 23.5. The van der Waals surface area contributed by atoms with Gasteiger partial charge in [-0.25, -0.2) is 13.2 Å². The van der Waals surface area contributed by atoms with Gasteiger partial charge in [0.15, 0.2) is 9.84 Å². The number of benzene rings is 1. The maximum absolute atomic E-state index is 11.8. The first-order chi connectivity index (χ1) is 8.04. The highest BCUT2D eigenvalue weighted by atomic mass is 32.2. The van der Waals surface area contributed by atoms with Crippen LogP contribution in [0, 0.1) is 0 Å². The van der Waals surface area contributed by atoms with Crippen molar-refractivity contribution >= 4 is 15.9 Å². The number of rotatable bonds is 4. The topological polar surface area (TPSA) is 63.6 Å². The van der Waals surface area contributed by atoms with Crippen LogP contribution in [0.4, 0.5) is 0 Å². The summed E-state index contributed by atoms with van der Waals surface area (Å²) in [6.07, 6.45) is 3.12. The Balaban J connectivity index is 2.46. The number of isocyanates is 1. The number of hydrogen-bond acceptors (Lipinski definition) is 4. The molecule has 1 aromatic rings. The van der Waals surface area contributed by atoms with Gasteiger partial charge < -0.3 is 0 Å². The fourth-order valence-electron chi connectivity index (χ4n) is 1.82. The van der Waals surface area contributed by atoms with E-state index < -0.39 is 15.4 Å². The number of sulfone groups is 1. The van der Waals surface area contributed by atoms with E-state index in [1.807, 2.05) is 6.07 Å². The van der Waals surface area contributed by atoms with Gasteiger partial charge in [-0.1, -0.05) is 19.1 Å². The van der Waals surface area contributed by atoms with E-state index in [1.165, 1.54) is 0 Å². The number of hydrogen-bond donors (Lipinski definition) is 0. The van der Waals surface area contributed by atoms with E-state index in [1.54, 1.807) is 31.2 Å². The fraction of sp³-hybridized carbons (Fsp3) is 0.417. The zero-order valence-corrected chi connectivity index (χ0v) is 10.3. The average Bonchev–Trinajstić information content (AvgIpc) is 3.11. The standard InChI is InChI=1S/C12H13NO3S/c1-2-17(15,16)11-5-3-4-10(8-11)12(6-7-12)13-9-14/h3-5,8H,2,6-7H2,1H3. The predicted molar refractivity (Wildman–Crippen MR) is 63.2 cm³/mol. The van der Waals surface area contributed by atoms with Gasteiger partial charge in [0.25, 0.3) is 0 Å². The second-order valence-corrected chi connectivity index (χ2v) is 6.44. The zero-order valence-electron chi connectivity index (χ0n) is 9.51. The van der Waals surface area contributed by atoms with E-state index in [2.05, 4.69) is 4.99 Å². The van der Waals surface area contributed by atoms with Crippen molar-refractivity contribution in [3.63, 3.8) is 0 Å². The average molecular weight is 251 g/mol. The van der Waals surface area contributed by atoms with Gasteiger partial charge in [0.1, 0.15) is 0 Å². The summed E-state index contributed by atoms with van der Waals surface area (Å²) in [7, 11) is -3.21. The summed E-state index contributed by atoms with van der Waals surface area (Å²) in [6.45, 7) is 1.61. The summed E-state index contributed by atoms with van der Waals surface area (Å²) in [4.78, 5) is 14.4. The van der Waals surface area contributed by atoms with Crippen LogP contribution >= 0.6 is 0 Å². The van der Waals surface area contributed by atoms with Gasteiger partial charge in [-0.3, -0.25) is 0 Å². The zero-order chi connectivity index (χ0) is 12.5. The molecule has 1 fully saturated rings. The van der Waals surface area contributed by atoms with Crippen LogP contribution in [-0.4, -0.2) is 20.3 Å². The minimum atomic E-state index is -3.21. The molecule has 0 N–H and O–H groups in total. The maximum Gasteiger partial charge on any atom is 0.235 e. The maximum atomic E-state index is 11.8. The molecular weight excluding hydrogens is 238 g/mol. The minimum absolute atomic E-state index is 0.0698. The summed E-state index contributed by atoms with van der Waals surface area (Å²) >= 11 is 0. The van der Waals surface area contributed by atoms with Crippen molar-refractivity contribution in [1.29, 1.82) is 0 Å². The first-order valence-electron chi connectivity index (χ1n) is 5.46. The van der Waals surface area contributed by atoms with Crippen LogP contribution in [0.1, 0.15) is 25.3 Å². The largest absolute Gasteiger partial charge is 0.235 e. The Bertz CT molecular complexity index is 582. The first-order valence-corrected chi connectivity index (χ1v) is 7.12. The lowest BCUT2D eigenvalue weighted by molar-refractivity contribution is 0.556. The molecule has 1 aliphatic rings. The number of aliphatic imine (C=N–C) groups is 1. The van der Waals surface area contributed by atoms with Gasteiger partial charge in [-0.2, -0.15) is 4.99 Å². The summed E-state index contributed by atoms with van der Waals surface area (Å²) in [5, 5.41) is 0. The number of nitrogens with zero attached hydrogens (tertiary/aromatic N) is 1. The van der Waals surface area contributed by atoms with Crippen molar-refractivity contribution in [2.45, 2.75) is 30.2 Å². The number of carbonyl (C=O) groups excluding carboxylic acids is 1. The van der Waals surface area contributed by atoms with Gasteiger partial charge in [0.05, 0.1) is 16.2 Å². The summed E-state index contributed by atoms with van der Waals surface area (Å²) in [5.41, 5.74) is 0.275. The first kappa shape index (κ1) is 12.0. The van der Waals surface area contributed by atoms with Crippen LogP contribution in [0.5, 0.6) is 0 Å². The molecule has 17 heavy (non-hydrogen) atoms. The highest BCUT2D eigenvalue weighted by Crippen LogP contribution is 2.49. The van der Waals surface area contributed by atoms with Crippen LogP contribution in [0.25, 0.3) is 0 Å². The molecule has 1 saturated carbocycles. The second-order valence-electron chi connectivity index (χ2n) is 4.17. The van der Waals surface area contributed by atoms with Crippen molar-refractivity contribution in [3.05, 3.63) is 29.8 Å². The van der Waals surface area contributed by atoms with E-state index in [9.17, 15) is 13.2 Å². The molecule has 0 aromatic heterocycles. The minimum Gasteiger partial charge on any atom is -0.224 e. The molecule has 0 atom stereocenters. The van der Waals surface area contributed by atoms with Crippen LogP contribution in [-0.2, 0) is 20.2 Å². The molecule has 5 heteroatoms. The Labute approximate surface area is 100 Å². The second kappa shape index (κ2) is 4.09. The van der Waals surface area contributed by atoms with Gasteiger partial charge in [-0.05, 0) is 30.5 Å². The molecule has 0 amide bonds. The Hall–Kier alpha value is -1.45. The molecule has 4 nitrogen and oxygen atoms in total. The lowest BCUT2D eigenvalue weighted by Crippen LogP contribution is -2.07. The van der Waals surface area contributed by atoms with E-state index in [-0.39, 0.29) is 5.75 Å². The van der Waals surface area contributed by atoms with Gasteiger partial charge in [-0.15, -0.1) is 0 Å². The molecule has 90 valence electrons. The SMILES string of the molecule is CCS(=O)(=O)c1cccc(C2(N=C=O)CC2)c1. The third kappa shape index (κ3) is 2.16. The molecule has 0 radical (unpaired) electrons. The molecule has 0 aliphatic heterocycles. The van der Waals surface area contributed by atoms with E-state index in [4.69, 9.17) is 0 Å². The highest BCUT2D eigenvalue weighted by Gasteiger charge is 2.45. The lowest BCUT2D eigenvalue weighted by atomic mass is 10.1. The molecule has 0 spiro atoms. The van der Waals surface area contributed by atoms with Crippen molar-refractivity contribution in [3.8, 4) is 0 Å². The van der Waals surface area contributed by atoms with Crippen molar-refractivity contribution in [2.75, 3.05) is 5.75 Å². The molecule has 2 rings (SSSR count). The third-order valence-corrected chi connectivity index (χ3v) is 4.83. The molecular formula is C12H13NO3S. The van der Waals surface area contributed by atoms with Crippen molar-refractivity contribution < 1.29 is 13.2 Å². The van der Waals surface area contributed by atoms with Crippen LogP contribution in [0.2, 0.25) is 0 Å². The van der Waals surface area contributed by atoms with Gasteiger partial charge in [0.2, 0.25) is 6.08 Å². The molecule has 0 heterocycles. The quantitative estimate of drug-likeness (QED) is 0.605. The molecule has 1 aromatic carbocycles. The normalized spacial score (nSPS) is 17.2. The summed E-state index contributed by atoms with van der Waals surface area (Å²) in [5.74, 6) is 0.0698.